The van der Waals surface area contributed by atoms with Crippen molar-refractivity contribution >= 4 is 46.1 Å². The van der Waals surface area contributed by atoms with Gasteiger partial charge in [-0.15, -0.1) is 0 Å². The highest BCUT2D eigenvalue weighted by Crippen LogP contribution is 2.28. The average molecular weight is 398 g/mol. The van der Waals surface area contributed by atoms with Crippen molar-refractivity contribution in [2.45, 2.75) is 18.9 Å². The van der Waals surface area contributed by atoms with Crippen LogP contribution < -0.4 is 16.0 Å². The zero-order chi connectivity index (χ0) is 18.8. The van der Waals surface area contributed by atoms with E-state index in [1.54, 1.807) is 12.4 Å². The number of anilines is 1. The van der Waals surface area contributed by atoms with Gasteiger partial charge in [-0.2, -0.15) is 0 Å². The van der Waals surface area contributed by atoms with Crippen LogP contribution in [-0.2, 0) is 4.79 Å². The summed E-state index contributed by atoms with van der Waals surface area (Å²) in [5, 5.41) is 2.63. The van der Waals surface area contributed by atoms with Crippen LogP contribution in [0.5, 0.6) is 0 Å². The Bertz CT molecular complexity index is 930. The van der Waals surface area contributed by atoms with E-state index in [1.807, 2.05) is 30.3 Å². The summed E-state index contributed by atoms with van der Waals surface area (Å²) in [6.45, 7) is 1.75. The molecule has 4 rings (SSSR count). The molecule has 0 spiro atoms. The van der Waals surface area contributed by atoms with E-state index in [-0.39, 0.29) is 11.9 Å². The number of piperidine rings is 1. The molecule has 2 aromatic rings. The Hall–Kier alpha value is -2.29. The lowest BCUT2D eigenvalue weighted by Crippen LogP contribution is -2.43. The maximum atomic E-state index is 11.9. The molecule has 2 fully saturated rings. The van der Waals surface area contributed by atoms with Crippen molar-refractivity contribution in [2.24, 2.45) is 5.73 Å². The Morgan fingerprint density at radius 1 is 1.37 bits per heavy atom. The van der Waals surface area contributed by atoms with Crippen LogP contribution in [0.3, 0.4) is 0 Å². The third-order valence-electron chi connectivity index (χ3n) is 4.53. The number of amides is 1. The van der Waals surface area contributed by atoms with E-state index < -0.39 is 0 Å². The van der Waals surface area contributed by atoms with Gasteiger partial charge in [0.25, 0.3) is 5.91 Å². The Balaban J connectivity index is 1.61. The lowest BCUT2D eigenvalue weighted by Gasteiger charge is -2.31. The highest BCUT2D eigenvalue weighted by molar-refractivity contribution is 8.26. The predicted octanol–water partition coefficient (Wildman–Crippen LogP) is 2.56. The highest BCUT2D eigenvalue weighted by Gasteiger charge is 2.22. The second-order valence-corrected chi connectivity index (χ2v) is 8.31. The molecule has 2 aliphatic rings. The summed E-state index contributed by atoms with van der Waals surface area (Å²) in [7, 11) is 0. The topological polar surface area (TPSA) is 84.1 Å². The van der Waals surface area contributed by atoms with E-state index in [0.29, 0.717) is 9.23 Å². The molecule has 0 radical (unpaired) electrons. The smallest absolute Gasteiger partial charge is 0.263 e. The zero-order valence-electron chi connectivity index (χ0n) is 14.6. The monoisotopic (exact) mass is 397 g/mol. The average Bonchev–Trinajstić information content (AvgIpc) is 2.99. The number of nitrogens with two attached hydrogens (primary N) is 1. The fourth-order valence-electron chi connectivity index (χ4n) is 3.23. The van der Waals surface area contributed by atoms with Crippen LogP contribution >= 0.6 is 24.0 Å². The molecule has 3 heterocycles. The van der Waals surface area contributed by atoms with Crippen molar-refractivity contribution in [3.05, 3.63) is 47.1 Å². The van der Waals surface area contributed by atoms with Crippen molar-refractivity contribution in [2.75, 3.05) is 18.0 Å². The second-order valence-electron chi connectivity index (χ2n) is 6.59. The summed E-state index contributed by atoms with van der Waals surface area (Å²) >= 11 is 6.31. The molecule has 6 nitrogen and oxygen atoms in total. The first-order valence-electron chi connectivity index (χ1n) is 8.76. The lowest BCUT2D eigenvalue weighted by molar-refractivity contribution is -0.115. The normalized spacial score (nSPS) is 21.6. The molecule has 27 heavy (non-hydrogen) atoms. The molecule has 0 aliphatic carbocycles. The van der Waals surface area contributed by atoms with E-state index >= 15 is 0 Å². The molecule has 1 unspecified atom stereocenters. The Kier molecular flexibility index (Phi) is 5.20. The van der Waals surface area contributed by atoms with Gasteiger partial charge in [-0.1, -0.05) is 42.2 Å². The van der Waals surface area contributed by atoms with Crippen molar-refractivity contribution in [1.82, 2.24) is 15.3 Å². The van der Waals surface area contributed by atoms with Gasteiger partial charge in [0.15, 0.2) is 0 Å². The highest BCUT2D eigenvalue weighted by atomic mass is 32.2. The maximum absolute atomic E-state index is 11.9. The number of nitrogens with zero attached hydrogens (tertiary/aromatic N) is 3. The van der Waals surface area contributed by atoms with E-state index in [0.717, 1.165) is 48.6 Å². The van der Waals surface area contributed by atoms with Gasteiger partial charge >= 0.3 is 0 Å². The van der Waals surface area contributed by atoms with Gasteiger partial charge in [0.2, 0.25) is 0 Å². The molecule has 1 aromatic heterocycles. The van der Waals surface area contributed by atoms with Crippen LogP contribution in [0.1, 0.15) is 18.4 Å². The fourth-order valence-corrected chi connectivity index (χ4v) is 4.27. The molecular formula is C19H19N5OS2. The number of aromatic nitrogens is 2. The summed E-state index contributed by atoms with van der Waals surface area (Å²) in [5.74, 6) is 0.695. The third kappa shape index (κ3) is 4.18. The van der Waals surface area contributed by atoms with Crippen LogP contribution in [0.4, 0.5) is 5.82 Å². The Morgan fingerprint density at radius 2 is 2.26 bits per heavy atom. The van der Waals surface area contributed by atoms with Gasteiger partial charge in [0.05, 0.1) is 23.0 Å². The van der Waals surface area contributed by atoms with Crippen LogP contribution in [0.15, 0.2) is 41.6 Å². The molecular weight excluding hydrogens is 378 g/mol. The first-order valence-corrected chi connectivity index (χ1v) is 9.99. The lowest BCUT2D eigenvalue weighted by atomic mass is 10.1. The molecule has 8 heteroatoms. The molecule has 1 aromatic carbocycles. The predicted molar refractivity (Wildman–Crippen MR) is 113 cm³/mol. The summed E-state index contributed by atoms with van der Waals surface area (Å²) < 4.78 is 0.487. The molecule has 0 saturated carbocycles. The van der Waals surface area contributed by atoms with Crippen LogP contribution in [0.2, 0.25) is 0 Å². The number of hydrogen-bond acceptors (Lipinski definition) is 7. The number of hydrogen-bond donors (Lipinski definition) is 2. The standard InChI is InChI=1S/C19H19N5OS2/c20-14-5-2-6-24(11-14)17-10-21-9-15(22-17)13-4-1-3-12(7-13)8-16-18(25)23-19(26)27-16/h1,3-4,7-10,14H,2,5-6,11,20H2,(H,23,25,26). The summed E-state index contributed by atoms with van der Waals surface area (Å²) in [4.78, 5) is 23.8. The van der Waals surface area contributed by atoms with Gasteiger partial charge in [-0.05, 0) is 30.5 Å². The van der Waals surface area contributed by atoms with Crippen molar-refractivity contribution in [3.8, 4) is 11.3 Å². The van der Waals surface area contributed by atoms with Crippen LogP contribution in [0.25, 0.3) is 17.3 Å². The summed E-state index contributed by atoms with van der Waals surface area (Å²) in [6, 6.07) is 8.07. The molecule has 0 bridgehead atoms. The largest absolute Gasteiger partial charge is 0.354 e. The van der Waals surface area contributed by atoms with Gasteiger partial charge < -0.3 is 16.0 Å². The fraction of sp³-hybridized carbons (Fsp3) is 0.263. The molecule has 1 atom stereocenters. The minimum absolute atomic E-state index is 0.154. The first kappa shape index (κ1) is 18.1. The van der Waals surface area contributed by atoms with Crippen molar-refractivity contribution in [1.29, 1.82) is 0 Å². The third-order valence-corrected chi connectivity index (χ3v) is 5.69. The van der Waals surface area contributed by atoms with Gasteiger partial charge in [0, 0.05) is 24.7 Å². The van der Waals surface area contributed by atoms with Crippen molar-refractivity contribution < 1.29 is 4.79 Å². The molecule has 2 aliphatic heterocycles. The van der Waals surface area contributed by atoms with Crippen LogP contribution in [0, 0.1) is 0 Å². The number of thiocarbonyl (C=S) groups is 1. The SMILES string of the molecule is NC1CCCN(c2cncc(-c3cccc(C=C4SC(=S)NC4=O)c3)n2)C1. The number of nitrogens with one attached hydrogen (secondary N) is 1. The number of thioether (sulfide) groups is 1. The second kappa shape index (κ2) is 7.75. The van der Waals surface area contributed by atoms with E-state index in [4.69, 9.17) is 22.9 Å². The molecule has 2 saturated heterocycles. The van der Waals surface area contributed by atoms with Crippen LogP contribution in [-0.4, -0.2) is 39.3 Å². The molecule has 138 valence electrons. The number of benzene rings is 1. The summed E-state index contributed by atoms with van der Waals surface area (Å²) in [6.07, 6.45) is 7.50. The number of rotatable bonds is 3. The van der Waals surface area contributed by atoms with Gasteiger partial charge in [0.1, 0.15) is 10.1 Å². The zero-order valence-corrected chi connectivity index (χ0v) is 16.2. The molecule has 1 amide bonds. The maximum Gasteiger partial charge on any atom is 0.263 e. The quantitative estimate of drug-likeness (QED) is 0.608. The van der Waals surface area contributed by atoms with E-state index in [9.17, 15) is 4.79 Å². The number of carbonyl (C=O) groups is 1. The minimum Gasteiger partial charge on any atom is -0.354 e. The van der Waals surface area contributed by atoms with Gasteiger partial charge in [-0.25, -0.2) is 4.98 Å². The minimum atomic E-state index is -0.154. The first-order chi connectivity index (χ1) is 13.1. The Labute approximate surface area is 167 Å². The molecule has 3 N–H and O–H groups in total. The van der Waals surface area contributed by atoms with E-state index in [1.165, 1.54) is 11.8 Å². The summed E-state index contributed by atoms with van der Waals surface area (Å²) in [5.41, 5.74) is 8.76. The van der Waals surface area contributed by atoms with Gasteiger partial charge in [-0.3, -0.25) is 9.78 Å². The van der Waals surface area contributed by atoms with E-state index in [2.05, 4.69) is 15.2 Å². The number of carbonyl (C=O) groups excluding carboxylic acids is 1. The Morgan fingerprint density at radius 3 is 3.04 bits per heavy atom. The van der Waals surface area contributed by atoms with Crippen molar-refractivity contribution in [3.63, 3.8) is 0 Å².